The summed E-state index contributed by atoms with van der Waals surface area (Å²) in [5, 5.41) is 0. The Kier molecular flexibility index (Phi) is 3.63. The molecule has 98 valence electrons. The van der Waals surface area contributed by atoms with Gasteiger partial charge in [0.2, 0.25) is 0 Å². The molecular weight excluding hydrogens is 288 g/mol. The zero-order valence-corrected chi connectivity index (χ0v) is 13.4. The highest BCUT2D eigenvalue weighted by atomic mass is 32.2. The van der Waals surface area contributed by atoms with Gasteiger partial charge in [-0.15, -0.1) is 35.3 Å². The molecule has 2 aromatic carbocycles. The van der Waals surface area contributed by atoms with E-state index in [0.717, 1.165) is 0 Å². The lowest BCUT2D eigenvalue weighted by atomic mass is 10.0. The van der Waals surface area contributed by atoms with E-state index in [1.165, 1.54) is 11.1 Å². The van der Waals surface area contributed by atoms with Crippen LogP contribution in [0.3, 0.4) is 0 Å². The number of thioether (sulfide) groups is 3. The van der Waals surface area contributed by atoms with Crippen molar-refractivity contribution in [1.82, 2.24) is 0 Å². The molecule has 1 aliphatic heterocycles. The summed E-state index contributed by atoms with van der Waals surface area (Å²) in [5.41, 5.74) is 2.84. The third kappa shape index (κ3) is 1.94. The first-order valence-corrected chi connectivity index (χ1v) is 9.47. The summed E-state index contributed by atoms with van der Waals surface area (Å²) in [7, 11) is 0. The number of hydrogen-bond donors (Lipinski definition) is 0. The van der Waals surface area contributed by atoms with E-state index in [4.69, 9.17) is 0 Å². The Hall–Kier alpha value is -0.510. The molecule has 1 fully saturated rings. The van der Waals surface area contributed by atoms with Gasteiger partial charge in [-0.25, -0.2) is 0 Å². The topological polar surface area (TPSA) is 0 Å². The van der Waals surface area contributed by atoms with E-state index in [2.05, 4.69) is 84.9 Å². The fraction of sp³-hybridized carbons (Fsp3) is 0.250. The summed E-state index contributed by atoms with van der Waals surface area (Å²) in [6.07, 6.45) is 4.45. The molecule has 3 rings (SSSR count). The Bertz CT molecular complexity index is 503. The van der Waals surface area contributed by atoms with Crippen LogP contribution >= 0.6 is 35.3 Å². The Labute approximate surface area is 127 Å². The Morgan fingerprint density at radius 3 is 1.37 bits per heavy atom. The third-order valence-corrected chi connectivity index (χ3v) is 9.14. The van der Waals surface area contributed by atoms with Gasteiger partial charge in [-0.1, -0.05) is 60.7 Å². The van der Waals surface area contributed by atoms with Crippen LogP contribution in [0.2, 0.25) is 0 Å². The standard InChI is InChI=1S/C16H16S3/c1-17-15(13-9-5-3-6-10-13)16(18-2,19-15)14-11-7-4-8-12-14/h3-12H,1-2H3. The minimum atomic E-state index is 0.148. The highest BCUT2D eigenvalue weighted by Gasteiger charge is 2.70. The quantitative estimate of drug-likeness (QED) is 0.716. The minimum Gasteiger partial charge on any atom is -0.140 e. The first kappa shape index (κ1) is 13.5. The van der Waals surface area contributed by atoms with Gasteiger partial charge in [-0.2, -0.15) is 0 Å². The summed E-state index contributed by atoms with van der Waals surface area (Å²) in [4.78, 5) is 0. The normalized spacial score (nSPS) is 29.2. The van der Waals surface area contributed by atoms with Crippen molar-refractivity contribution in [2.45, 2.75) is 8.16 Å². The van der Waals surface area contributed by atoms with Crippen molar-refractivity contribution in [3.05, 3.63) is 71.8 Å². The van der Waals surface area contributed by atoms with E-state index in [1.807, 2.05) is 23.5 Å². The molecule has 0 spiro atoms. The van der Waals surface area contributed by atoms with Gasteiger partial charge in [-0.3, -0.25) is 0 Å². The molecule has 2 unspecified atom stereocenters. The Balaban J connectivity index is 2.07. The van der Waals surface area contributed by atoms with E-state index in [1.54, 1.807) is 0 Å². The van der Waals surface area contributed by atoms with Crippen LogP contribution < -0.4 is 0 Å². The molecular formula is C16H16S3. The molecule has 0 nitrogen and oxygen atoms in total. The van der Waals surface area contributed by atoms with E-state index < -0.39 is 0 Å². The summed E-state index contributed by atoms with van der Waals surface area (Å²) < 4.78 is 0.296. The first-order valence-electron chi connectivity index (χ1n) is 6.20. The summed E-state index contributed by atoms with van der Waals surface area (Å²) >= 11 is 5.98. The number of benzene rings is 2. The molecule has 1 aliphatic rings. The van der Waals surface area contributed by atoms with Crippen molar-refractivity contribution in [2.75, 3.05) is 12.5 Å². The lowest BCUT2D eigenvalue weighted by molar-refractivity contribution is 0.906. The molecule has 2 aromatic rings. The van der Waals surface area contributed by atoms with Crippen LogP contribution in [0.25, 0.3) is 0 Å². The Morgan fingerprint density at radius 1 is 0.684 bits per heavy atom. The number of rotatable bonds is 4. The van der Waals surface area contributed by atoms with Gasteiger partial charge >= 0.3 is 0 Å². The molecule has 2 atom stereocenters. The molecule has 1 heterocycles. The van der Waals surface area contributed by atoms with Crippen molar-refractivity contribution in [2.24, 2.45) is 0 Å². The largest absolute Gasteiger partial charge is 0.140 e. The van der Waals surface area contributed by atoms with Gasteiger partial charge < -0.3 is 0 Å². The molecule has 0 N–H and O–H groups in total. The van der Waals surface area contributed by atoms with Gasteiger partial charge in [0.25, 0.3) is 0 Å². The van der Waals surface area contributed by atoms with Crippen molar-refractivity contribution < 1.29 is 0 Å². The maximum atomic E-state index is 2.25. The SMILES string of the molecule is CSC1(c2ccccc2)SC1(SC)c1ccccc1. The van der Waals surface area contributed by atoms with Gasteiger partial charge in [0.1, 0.15) is 8.16 Å². The molecule has 0 saturated carbocycles. The van der Waals surface area contributed by atoms with E-state index >= 15 is 0 Å². The summed E-state index contributed by atoms with van der Waals surface area (Å²) in [6, 6.07) is 21.8. The van der Waals surface area contributed by atoms with Crippen LogP contribution in [-0.4, -0.2) is 12.5 Å². The fourth-order valence-electron chi connectivity index (χ4n) is 2.58. The second-order valence-electron chi connectivity index (χ2n) is 4.48. The average Bonchev–Trinajstić information content (AvgIpc) is 3.20. The van der Waals surface area contributed by atoms with Crippen molar-refractivity contribution >= 4 is 35.3 Å². The molecule has 0 radical (unpaired) electrons. The average molecular weight is 305 g/mol. The van der Waals surface area contributed by atoms with Crippen LogP contribution in [-0.2, 0) is 8.16 Å². The van der Waals surface area contributed by atoms with Gasteiger partial charge in [0.15, 0.2) is 0 Å². The van der Waals surface area contributed by atoms with Crippen molar-refractivity contribution in [1.29, 1.82) is 0 Å². The van der Waals surface area contributed by atoms with Crippen molar-refractivity contribution in [3.63, 3.8) is 0 Å². The monoisotopic (exact) mass is 304 g/mol. The van der Waals surface area contributed by atoms with Crippen LogP contribution in [0.5, 0.6) is 0 Å². The van der Waals surface area contributed by atoms with E-state index in [9.17, 15) is 0 Å². The maximum Gasteiger partial charge on any atom is 0.116 e. The smallest absolute Gasteiger partial charge is 0.116 e. The zero-order valence-electron chi connectivity index (χ0n) is 11.0. The second kappa shape index (κ2) is 5.12. The van der Waals surface area contributed by atoms with Gasteiger partial charge in [0, 0.05) is 0 Å². The molecule has 0 bridgehead atoms. The van der Waals surface area contributed by atoms with Crippen LogP contribution in [0.15, 0.2) is 60.7 Å². The summed E-state index contributed by atoms with van der Waals surface area (Å²) in [5.74, 6) is 0. The number of hydrogen-bond acceptors (Lipinski definition) is 3. The van der Waals surface area contributed by atoms with Crippen LogP contribution in [0.1, 0.15) is 11.1 Å². The molecule has 3 heteroatoms. The van der Waals surface area contributed by atoms with E-state index in [-0.39, 0.29) is 8.16 Å². The van der Waals surface area contributed by atoms with Crippen molar-refractivity contribution in [3.8, 4) is 0 Å². The summed E-state index contributed by atoms with van der Waals surface area (Å²) in [6.45, 7) is 0. The minimum absolute atomic E-state index is 0.148. The molecule has 0 aromatic heterocycles. The van der Waals surface area contributed by atoms with Gasteiger partial charge in [-0.05, 0) is 23.6 Å². The predicted molar refractivity (Wildman–Crippen MR) is 90.9 cm³/mol. The van der Waals surface area contributed by atoms with E-state index in [0.29, 0.717) is 0 Å². The molecule has 1 saturated heterocycles. The third-order valence-electron chi connectivity index (χ3n) is 3.56. The zero-order chi connectivity index (χ0) is 13.3. The van der Waals surface area contributed by atoms with Crippen LogP contribution in [0.4, 0.5) is 0 Å². The lowest BCUT2D eigenvalue weighted by Gasteiger charge is -2.21. The lowest BCUT2D eigenvalue weighted by Crippen LogP contribution is -2.16. The molecule has 19 heavy (non-hydrogen) atoms. The predicted octanol–water partition coefficient (Wildman–Crippen LogP) is 5.17. The van der Waals surface area contributed by atoms with Crippen LogP contribution in [0, 0.1) is 0 Å². The second-order valence-corrected chi connectivity index (χ2v) is 8.46. The highest BCUT2D eigenvalue weighted by Crippen LogP contribution is 2.84. The highest BCUT2D eigenvalue weighted by molar-refractivity contribution is 8.33. The van der Waals surface area contributed by atoms with Gasteiger partial charge in [0.05, 0.1) is 0 Å². The Morgan fingerprint density at radius 2 is 1.05 bits per heavy atom. The first-order chi connectivity index (χ1) is 9.29. The fourth-order valence-corrected chi connectivity index (χ4v) is 7.77. The molecule has 0 amide bonds. The maximum absolute atomic E-state index is 2.25. The molecule has 0 aliphatic carbocycles.